The third-order valence-electron chi connectivity index (χ3n) is 7.07. The van der Waals surface area contributed by atoms with Crippen molar-refractivity contribution in [3.63, 3.8) is 0 Å². The van der Waals surface area contributed by atoms with Crippen LogP contribution >= 0.6 is 11.6 Å². The van der Waals surface area contributed by atoms with Gasteiger partial charge in [-0.1, -0.05) is 42.3 Å². The van der Waals surface area contributed by atoms with Gasteiger partial charge in [0.2, 0.25) is 0 Å². The Morgan fingerprint density at radius 2 is 1.69 bits per heavy atom. The number of halogens is 1. The Labute approximate surface area is 234 Å². The number of likely N-dealkylation sites (tertiary alicyclic amines) is 1. The first-order valence-corrected chi connectivity index (χ1v) is 14.9. The molecule has 0 aromatic heterocycles. The summed E-state index contributed by atoms with van der Waals surface area (Å²) >= 11 is 6.18. The molecule has 1 fully saturated rings. The molecule has 8 nitrogen and oxygen atoms in total. The second kappa shape index (κ2) is 11.9. The molecule has 5 rings (SSSR count). The van der Waals surface area contributed by atoms with Crippen molar-refractivity contribution >= 4 is 33.2 Å². The van der Waals surface area contributed by atoms with Gasteiger partial charge in [0, 0.05) is 18.1 Å². The minimum atomic E-state index is -4.01. The lowest BCUT2D eigenvalue weighted by molar-refractivity contribution is -0.127. The quantitative estimate of drug-likeness (QED) is 0.426. The lowest BCUT2D eigenvalue weighted by atomic mass is 10.1. The third-order valence-corrected chi connectivity index (χ3v) is 9.10. The van der Waals surface area contributed by atoms with E-state index in [1.165, 1.54) is 54.4 Å². The van der Waals surface area contributed by atoms with Crippen LogP contribution in [0.3, 0.4) is 0 Å². The summed E-state index contributed by atoms with van der Waals surface area (Å²) in [6, 6.07) is 19.0. The number of benzene rings is 3. The minimum absolute atomic E-state index is 0.0694. The maximum absolute atomic E-state index is 13.6. The highest BCUT2D eigenvalue weighted by Crippen LogP contribution is 2.39. The summed E-state index contributed by atoms with van der Waals surface area (Å²) in [6.45, 7) is 3.33. The highest BCUT2D eigenvalue weighted by Gasteiger charge is 2.37. The van der Waals surface area contributed by atoms with Gasteiger partial charge in [-0.15, -0.1) is 0 Å². The van der Waals surface area contributed by atoms with E-state index in [0.29, 0.717) is 17.3 Å². The number of nitrogens with zero attached hydrogens (tertiary/aromatic N) is 2. The van der Waals surface area contributed by atoms with E-state index < -0.39 is 22.0 Å². The molecule has 39 heavy (non-hydrogen) atoms. The number of nitrogens with one attached hydrogen (secondary N) is 1. The number of carbonyl (C=O) groups excluding carboxylic acids is 1. The van der Waals surface area contributed by atoms with Crippen LogP contribution < -0.4 is 19.1 Å². The van der Waals surface area contributed by atoms with Crippen molar-refractivity contribution in [3.8, 4) is 11.5 Å². The van der Waals surface area contributed by atoms with Gasteiger partial charge in [0.25, 0.3) is 15.9 Å². The average molecular weight is 570 g/mol. The average Bonchev–Trinajstić information content (AvgIpc) is 2.96. The number of hydrogen-bond donors (Lipinski definition) is 1. The highest BCUT2D eigenvalue weighted by molar-refractivity contribution is 7.92. The van der Waals surface area contributed by atoms with E-state index in [0.717, 1.165) is 25.2 Å². The molecule has 1 saturated heterocycles. The molecule has 206 valence electrons. The molecule has 1 N–H and O–H groups in total. The van der Waals surface area contributed by atoms with E-state index in [4.69, 9.17) is 21.1 Å². The molecule has 0 bridgehead atoms. The van der Waals surface area contributed by atoms with Crippen molar-refractivity contribution in [3.05, 3.63) is 82.9 Å². The van der Waals surface area contributed by atoms with E-state index in [-0.39, 0.29) is 22.9 Å². The molecule has 2 aliphatic heterocycles. The minimum Gasteiger partial charge on any atom is -0.497 e. The molecule has 0 saturated carbocycles. The van der Waals surface area contributed by atoms with Gasteiger partial charge in [-0.05, 0) is 79.5 Å². The molecule has 2 aliphatic rings. The zero-order valence-electron chi connectivity index (χ0n) is 21.8. The summed E-state index contributed by atoms with van der Waals surface area (Å²) in [5, 5.41) is 3.26. The van der Waals surface area contributed by atoms with Crippen LogP contribution in [0.4, 0.5) is 5.69 Å². The van der Waals surface area contributed by atoms with Gasteiger partial charge in [0.05, 0.1) is 24.2 Å². The van der Waals surface area contributed by atoms with Crippen molar-refractivity contribution in [1.29, 1.82) is 0 Å². The normalized spacial score (nSPS) is 17.7. The first kappa shape index (κ1) is 27.3. The largest absolute Gasteiger partial charge is 0.497 e. The van der Waals surface area contributed by atoms with Crippen LogP contribution in [0.15, 0.2) is 71.6 Å². The Hall–Kier alpha value is -3.27. The Balaban J connectivity index is 1.28. The molecule has 0 radical (unpaired) electrons. The Morgan fingerprint density at radius 3 is 2.38 bits per heavy atom. The number of sulfonamides is 1. The topological polar surface area (TPSA) is 88.2 Å². The number of rotatable bonds is 8. The second-order valence-electron chi connectivity index (χ2n) is 9.80. The van der Waals surface area contributed by atoms with Crippen LogP contribution in [0, 0.1) is 0 Å². The van der Waals surface area contributed by atoms with Crippen molar-refractivity contribution in [2.24, 2.45) is 0 Å². The van der Waals surface area contributed by atoms with E-state index in [9.17, 15) is 13.2 Å². The molecule has 1 atom stereocenters. The first-order chi connectivity index (χ1) is 18.8. The van der Waals surface area contributed by atoms with Crippen LogP contribution in [-0.2, 0) is 27.9 Å². The van der Waals surface area contributed by atoms with Gasteiger partial charge in [-0.2, -0.15) is 0 Å². The molecule has 0 spiro atoms. The van der Waals surface area contributed by atoms with Crippen LogP contribution in [0.1, 0.15) is 30.4 Å². The zero-order valence-corrected chi connectivity index (χ0v) is 23.4. The number of ether oxygens (including phenoxy) is 2. The summed E-state index contributed by atoms with van der Waals surface area (Å²) in [6.07, 6.45) is 2.78. The standard InChI is InChI=1S/C29H32ClN3O5S/c1-37-24-10-12-25(13-11-24)39(35,36)33-20-28(38-27-14-9-23(30)17-26(27)33)29(34)31-18-21-5-7-22(8-6-21)19-32-15-3-2-4-16-32/h5-14,17,28H,2-4,15-16,18-20H2,1H3,(H,31,34). The summed E-state index contributed by atoms with van der Waals surface area (Å²) in [5.74, 6) is 0.407. The van der Waals surface area contributed by atoms with Crippen LogP contribution in [-0.4, -0.2) is 52.1 Å². The van der Waals surface area contributed by atoms with Gasteiger partial charge in [0.15, 0.2) is 6.10 Å². The first-order valence-electron chi connectivity index (χ1n) is 13.0. The summed E-state index contributed by atoms with van der Waals surface area (Å²) in [4.78, 5) is 15.7. The lowest BCUT2D eigenvalue weighted by Gasteiger charge is -2.35. The molecule has 1 amide bonds. The van der Waals surface area contributed by atoms with Crippen molar-refractivity contribution < 1.29 is 22.7 Å². The molecule has 3 aromatic rings. The SMILES string of the molecule is COc1ccc(S(=O)(=O)N2CC(C(=O)NCc3ccc(CN4CCCCC4)cc3)Oc3ccc(Cl)cc32)cc1. The predicted molar refractivity (Wildman–Crippen MR) is 151 cm³/mol. The van der Waals surface area contributed by atoms with Gasteiger partial charge in [0.1, 0.15) is 11.5 Å². The molecular weight excluding hydrogens is 538 g/mol. The fourth-order valence-corrected chi connectivity index (χ4v) is 6.54. The van der Waals surface area contributed by atoms with Gasteiger partial charge in [-0.3, -0.25) is 14.0 Å². The maximum atomic E-state index is 13.6. The second-order valence-corrected chi connectivity index (χ2v) is 12.1. The number of piperidine rings is 1. The van der Waals surface area contributed by atoms with E-state index in [1.54, 1.807) is 24.3 Å². The summed E-state index contributed by atoms with van der Waals surface area (Å²) < 4.78 is 39.5. The van der Waals surface area contributed by atoms with E-state index in [2.05, 4.69) is 22.3 Å². The third kappa shape index (κ3) is 6.32. The van der Waals surface area contributed by atoms with Gasteiger partial charge >= 0.3 is 0 Å². The number of amides is 1. The molecule has 1 unspecified atom stereocenters. The predicted octanol–water partition coefficient (Wildman–Crippen LogP) is 4.61. The number of anilines is 1. The smallest absolute Gasteiger partial charge is 0.264 e. The lowest BCUT2D eigenvalue weighted by Crippen LogP contribution is -2.50. The fraction of sp³-hybridized carbons (Fsp3) is 0.345. The summed E-state index contributed by atoms with van der Waals surface area (Å²) in [7, 11) is -2.50. The van der Waals surface area contributed by atoms with Crippen molar-refractivity contribution in [2.75, 3.05) is 31.0 Å². The van der Waals surface area contributed by atoms with E-state index >= 15 is 0 Å². The van der Waals surface area contributed by atoms with Crippen LogP contribution in [0.25, 0.3) is 0 Å². The Kier molecular flexibility index (Phi) is 8.30. The zero-order chi connectivity index (χ0) is 27.4. The Bertz CT molecular complexity index is 1410. The summed E-state index contributed by atoms with van der Waals surface area (Å²) in [5.41, 5.74) is 2.49. The van der Waals surface area contributed by atoms with E-state index in [1.807, 2.05) is 12.1 Å². The van der Waals surface area contributed by atoms with Crippen molar-refractivity contribution in [1.82, 2.24) is 10.2 Å². The highest BCUT2D eigenvalue weighted by atomic mass is 35.5. The van der Waals surface area contributed by atoms with Crippen LogP contribution in [0.5, 0.6) is 11.5 Å². The number of carbonyl (C=O) groups is 1. The van der Waals surface area contributed by atoms with Gasteiger partial charge < -0.3 is 14.8 Å². The number of methoxy groups -OCH3 is 1. The van der Waals surface area contributed by atoms with Crippen molar-refractivity contribution in [2.45, 2.75) is 43.4 Å². The Morgan fingerprint density at radius 1 is 1.00 bits per heavy atom. The number of hydrogen-bond acceptors (Lipinski definition) is 6. The fourth-order valence-electron chi connectivity index (χ4n) is 4.90. The number of fused-ring (bicyclic) bond motifs is 1. The molecular formula is C29H32ClN3O5S. The van der Waals surface area contributed by atoms with Crippen LogP contribution in [0.2, 0.25) is 5.02 Å². The van der Waals surface area contributed by atoms with Gasteiger partial charge in [-0.25, -0.2) is 8.42 Å². The monoisotopic (exact) mass is 569 g/mol. The maximum Gasteiger partial charge on any atom is 0.264 e. The molecule has 10 heteroatoms. The molecule has 3 aromatic carbocycles. The molecule has 2 heterocycles. The molecule has 0 aliphatic carbocycles.